The average molecular weight is 200 g/mol. The number of carbonyl (C=O) groups is 1. The predicted octanol–water partition coefficient (Wildman–Crippen LogP) is 2.08. The summed E-state index contributed by atoms with van der Waals surface area (Å²) in [7, 11) is 0. The van der Waals surface area contributed by atoms with E-state index >= 15 is 0 Å². The summed E-state index contributed by atoms with van der Waals surface area (Å²) in [5, 5.41) is 8.95. The summed E-state index contributed by atoms with van der Waals surface area (Å²) in [5.74, 6) is 0.129. The zero-order valence-electron chi connectivity index (χ0n) is 8.44. The van der Waals surface area contributed by atoms with E-state index in [1.165, 1.54) is 0 Å². The minimum atomic E-state index is 0.129. The smallest absolute Gasteiger partial charge is 0.227 e. The number of benzene rings is 1. The molecule has 1 aliphatic heterocycles. The van der Waals surface area contributed by atoms with E-state index in [9.17, 15) is 4.79 Å². The van der Waals surface area contributed by atoms with Crippen LogP contribution >= 0.6 is 0 Å². The van der Waals surface area contributed by atoms with Crippen LogP contribution in [-0.4, -0.2) is 12.5 Å². The molecular weight excluding hydrogens is 188 g/mol. The maximum absolute atomic E-state index is 11.7. The minimum Gasteiger partial charge on any atom is -0.311 e. The number of piperidine rings is 1. The van der Waals surface area contributed by atoms with Crippen molar-refractivity contribution in [1.82, 2.24) is 0 Å². The van der Waals surface area contributed by atoms with Crippen molar-refractivity contribution in [3.05, 3.63) is 29.8 Å². The molecule has 0 bridgehead atoms. The number of anilines is 1. The molecule has 0 aromatic heterocycles. The Balaban J connectivity index is 2.36. The quantitative estimate of drug-likeness (QED) is 0.696. The topological polar surface area (TPSA) is 44.1 Å². The van der Waals surface area contributed by atoms with E-state index in [1.54, 1.807) is 11.0 Å². The number of nitrogens with zero attached hydrogens (tertiary/aromatic N) is 2. The lowest BCUT2D eigenvalue weighted by atomic mass is 10.1. The Bertz CT molecular complexity index is 420. The van der Waals surface area contributed by atoms with Crippen LogP contribution in [0.25, 0.3) is 0 Å². The fourth-order valence-electron chi connectivity index (χ4n) is 1.86. The van der Waals surface area contributed by atoms with Crippen LogP contribution < -0.4 is 4.90 Å². The molecule has 3 heteroatoms. The Labute approximate surface area is 88.9 Å². The standard InChI is InChI=1S/C12H12N2O/c13-9-10-5-1-2-6-11(10)14-8-4-3-7-12(14)15/h1-2,5-6H,3-4,7-8H2. The van der Waals surface area contributed by atoms with Gasteiger partial charge in [0.1, 0.15) is 6.07 Å². The highest BCUT2D eigenvalue weighted by Crippen LogP contribution is 2.23. The fourth-order valence-corrected chi connectivity index (χ4v) is 1.86. The molecule has 0 N–H and O–H groups in total. The van der Waals surface area contributed by atoms with E-state index in [2.05, 4.69) is 6.07 Å². The third-order valence-electron chi connectivity index (χ3n) is 2.64. The maximum Gasteiger partial charge on any atom is 0.227 e. The summed E-state index contributed by atoms with van der Waals surface area (Å²) >= 11 is 0. The van der Waals surface area contributed by atoms with Crippen molar-refractivity contribution in [2.45, 2.75) is 19.3 Å². The molecule has 1 heterocycles. The first-order valence-corrected chi connectivity index (χ1v) is 5.12. The zero-order valence-corrected chi connectivity index (χ0v) is 8.44. The average Bonchev–Trinajstić information content (AvgIpc) is 2.30. The summed E-state index contributed by atoms with van der Waals surface area (Å²) < 4.78 is 0. The van der Waals surface area contributed by atoms with E-state index in [1.807, 2.05) is 18.2 Å². The lowest BCUT2D eigenvalue weighted by Crippen LogP contribution is -2.35. The summed E-state index contributed by atoms with van der Waals surface area (Å²) in [6.45, 7) is 0.734. The lowest BCUT2D eigenvalue weighted by Gasteiger charge is -2.27. The largest absolute Gasteiger partial charge is 0.311 e. The van der Waals surface area contributed by atoms with Gasteiger partial charge in [-0.3, -0.25) is 4.79 Å². The molecule has 3 nitrogen and oxygen atoms in total. The Morgan fingerprint density at radius 2 is 2.07 bits per heavy atom. The van der Waals surface area contributed by atoms with Crippen LogP contribution in [-0.2, 0) is 4.79 Å². The fraction of sp³-hybridized carbons (Fsp3) is 0.333. The van der Waals surface area contributed by atoms with E-state index in [0.29, 0.717) is 12.0 Å². The van der Waals surface area contributed by atoms with E-state index < -0.39 is 0 Å². The number of rotatable bonds is 1. The monoisotopic (exact) mass is 200 g/mol. The highest BCUT2D eigenvalue weighted by Gasteiger charge is 2.21. The van der Waals surface area contributed by atoms with Crippen LogP contribution in [0.1, 0.15) is 24.8 Å². The lowest BCUT2D eigenvalue weighted by molar-refractivity contribution is -0.119. The first-order valence-electron chi connectivity index (χ1n) is 5.12. The molecule has 1 aliphatic rings. The first-order chi connectivity index (χ1) is 7.33. The molecule has 1 aromatic carbocycles. The summed E-state index contributed by atoms with van der Waals surface area (Å²) in [6.07, 6.45) is 2.58. The second-order valence-corrected chi connectivity index (χ2v) is 3.63. The Morgan fingerprint density at radius 3 is 2.80 bits per heavy atom. The molecule has 1 aromatic rings. The van der Waals surface area contributed by atoms with Gasteiger partial charge in [-0.2, -0.15) is 5.26 Å². The van der Waals surface area contributed by atoms with Crippen LogP contribution in [0.4, 0.5) is 5.69 Å². The number of hydrogen-bond acceptors (Lipinski definition) is 2. The van der Waals surface area contributed by atoms with Gasteiger partial charge in [0.15, 0.2) is 0 Å². The number of carbonyl (C=O) groups excluding carboxylic acids is 1. The summed E-state index contributed by atoms with van der Waals surface area (Å²) in [6, 6.07) is 9.38. The molecule has 1 fully saturated rings. The van der Waals surface area contributed by atoms with Gasteiger partial charge in [-0.15, -0.1) is 0 Å². The van der Waals surface area contributed by atoms with Gasteiger partial charge in [-0.1, -0.05) is 12.1 Å². The van der Waals surface area contributed by atoms with Crippen molar-refractivity contribution < 1.29 is 4.79 Å². The first kappa shape index (κ1) is 9.72. The molecule has 0 atom stereocenters. The maximum atomic E-state index is 11.7. The van der Waals surface area contributed by atoms with Gasteiger partial charge in [0.2, 0.25) is 5.91 Å². The van der Waals surface area contributed by atoms with E-state index in [4.69, 9.17) is 5.26 Å². The zero-order chi connectivity index (χ0) is 10.7. The number of nitriles is 1. The third-order valence-corrected chi connectivity index (χ3v) is 2.64. The van der Waals surface area contributed by atoms with Crippen LogP contribution in [0.2, 0.25) is 0 Å². The van der Waals surface area contributed by atoms with Gasteiger partial charge < -0.3 is 4.90 Å². The highest BCUT2D eigenvalue weighted by atomic mass is 16.2. The second-order valence-electron chi connectivity index (χ2n) is 3.63. The van der Waals surface area contributed by atoms with Crippen molar-refractivity contribution in [3.8, 4) is 6.07 Å². The molecule has 0 spiro atoms. The van der Waals surface area contributed by atoms with Gasteiger partial charge in [0.05, 0.1) is 11.3 Å². The Morgan fingerprint density at radius 1 is 1.27 bits per heavy atom. The minimum absolute atomic E-state index is 0.129. The number of para-hydroxylation sites is 1. The SMILES string of the molecule is N#Cc1ccccc1N1CCCCC1=O. The van der Waals surface area contributed by atoms with E-state index in [0.717, 1.165) is 25.1 Å². The third kappa shape index (κ3) is 1.84. The van der Waals surface area contributed by atoms with Gasteiger partial charge in [0.25, 0.3) is 0 Å². The van der Waals surface area contributed by atoms with Crippen molar-refractivity contribution in [2.24, 2.45) is 0 Å². The molecule has 2 rings (SSSR count). The van der Waals surface area contributed by atoms with Crippen LogP contribution in [0.15, 0.2) is 24.3 Å². The second kappa shape index (κ2) is 4.14. The number of amides is 1. The van der Waals surface area contributed by atoms with Gasteiger partial charge >= 0.3 is 0 Å². The highest BCUT2D eigenvalue weighted by molar-refractivity contribution is 5.95. The van der Waals surface area contributed by atoms with Crippen molar-refractivity contribution >= 4 is 11.6 Å². The van der Waals surface area contributed by atoms with Crippen LogP contribution in [0.5, 0.6) is 0 Å². The molecule has 0 radical (unpaired) electrons. The van der Waals surface area contributed by atoms with Gasteiger partial charge in [-0.05, 0) is 25.0 Å². The van der Waals surface area contributed by atoms with Crippen LogP contribution in [0, 0.1) is 11.3 Å². The van der Waals surface area contributed by atoms with Gasteiger partial charge in [0, 0.05) is 13.0 Å². The molecule has 1 amide bonds. The van der Waals surface area contributed by atoms with Crippen molar-refractivity contribution in [2.75, 3.05) is 11.4 Å². The molecule has 0 unspecified atom stereocenters. The van der Waals surface area contributed by atoms with Gasteiger partial charge in [-0.25, -0.2) is 0 Å². The molecule has 0 saturated carbocycles. The number of hydrogen-bond donors (Lipinski definition) is 0. The molecule has 76 valence electrons. The molecule has 15 heavy (non-hydrogen) atoms. The molecular formula is C12H12N2O. The van der Waals surface area contributed by atoms with Crippen molar-refractivity contribution in [3.63, 3.8) is 0 Å². The Kier molecular flexibility index (Phi) is 2.68. The Hall–Kier alpha value is -1.82. The normalized spacial score (nSPS) is 16.2. The van der Waals surface area contributed by atoms with Crippen molar-refractivity contribution in [1.29, 1.82) is 5.26 Å². The molecule has 1 saturated heterocycles. The molecule has 0 aliphatic carbocycles. The van der Waals surface area contributed by atoms with E-state index in [-0.39, 0.29) is 5.91 Å². The summed E-state index contributed by atoms with van der Waals surface area (Å²) in [5.41, 5.74) is 1.33. The van der Waals surface area contributed by atoms with Crippen LogP contribution in [0.3, 0.4) is 0 Å². The predicted molar refractivity (Wildman–Crippen MR) is 57.4 cm³/mol. The summed E-state index contributed by atoms with van der Waals surface area (Å²) in [4.78, 5) is 13.4.